The monoisotopic (exact) mass is 176 g/mol. The molecule has 1 rings (SSSR count). The summed E-state index contributed by atoms with van der Waals surface area (Å²) in [5, 5.41) is 0. The summed E-state index contributed by atoms with van der Waals surface area (Å²) >= 11 is 0. The van der Waals surface area contributed by atoms with Gasteiger partial charge in [0.1, 0.15) is 0 Å². The molecule has 0 unspecified atom stereocenters. The van der Waals surface area contributed by atoms with Crippen LogP contribution in [0.5, 0.6) is 0 Å². The summed E-state index contributed by atoms with van der Waals surface area (Å²) in [6.45, 7) is 0.401. The molecule has 1 aromatic rings. The molecule has 0 bridgehead atoms. The molecule has 0 aliphatic carbocycles. The molecule has 0 amide bonds. The summed E-state index contributed by atoms with van der Waals surface area (Å²) in [5.41, 5.74) is 2.12. The van der Waals surface area contributed by atoms with Gasteiger partial charge in [-0.15, -0.1) is 0 Å². The number of isocyanates is 1. The second-order valence-corrected chi connectivity index (χ2v) is 2.93. The van der Waals surface area contributed by atoms with Crippen LogP contribution in [0.3, 0.4) is 0 Å². The normalized spacial score (nSPS) is 9.08. The van der Waals surface area contributed by atoms with Crippen LogP contribution in [-0.2, 0) is 11.3 Å². The smallest absolute Gasteiger partial charge is 0.235 e. The summed E-state index contributed by atoms with van der Waals surface area (Å²) in [7, 11) is 3.92. The lowest BCUT2D eigenvalue weighted by Gasteiger charge is -2.15. The number of rotatable bonds is 3. The summed E-state index contributed by atoms with van der Waals surface area (Å²) in [4.78, 5) is 15.5. The number of aliphatic imine (C=N–C) groups is 1. The van der Waals surface area contributed by atoms with Crippen molar-refractivity contribution in [3.05, 3.63) is 29.8 Å². The molecule has 0 spiro atoms. The lowest BCUT2D eigenvalue weighted by atomic mass is 10.1. The van der Waals surface area contributed by atoms with E-state index in [4.69, 9.17) is 0 Å². The summed E-state index contributed by atoms with van der Waals surface area (Å²) in [6.07, 6.45) is 1.54. The molecule has 0 saturated carbocycles. The fourth-order valence-electron chi connectivity index (χ4n) is 1.20. The molecule has 0 heterocycles. The van der Waals surface area contributed by atoms with Gasteiger partial charge < -0.3 is 4.90 Å². The van der Waals surface area contributed by atoms with Crippen LogP contribution in [0.25, 0.3) is 0 Å². The van der Waals surface area contributed by atoms with Gasteiger partial charge in [0.15, 0.2) is 0 Å². The van der Waals surface area contributed by atoms with Crippen LogP contribution in [0.15, 0.2) is 29.3 Å². The van der Waals surface area contributed by atoms with Crippen molar-refractivity contribution in [2.45, 2.75) is 6.54 Å². The van der Waals surface area contributed by atoms with Gasteiger partial charge in [-0.1, -0.05) is 18.2 Å². The second-order valence-electron chi connectivity index (χ2n) is 2.93. The van der Waals surface area contributed by atoms with E-state index in [1.54, 1.807) is 0 Å². The number of nitrogens with zero attached hydrogens (tertiary/aromatic N) is 2. The third-order valence-electron chi connectivity index (χ3n) is 1.79. The third-order valence-corrected chi connectivity index (χ3v) is 1.79. The van der Waals surface area contributed by atoms with Gasteiger partial charge in [-0.2, -0.15) is 0 Å². The Hall–Kier alpha value is -1.60. The van der Waals surface area contributed by atoms with E-state index in [9.17, 15) is 4.79 Å². The zero-order valence-corrected chi connectivity index (χ0v) is 7.82. The first-order chi connectivity index (χ1) is 6.25. The van der Waals surface area contributed by atoms with Crippen LogP contribution in [-0.4, -0.2) is 20.2 Å². The highest BCUT2D eigenvalue weighted by molar-refractivity contribution is 5.52. The van der Waals surface area contributed by atoms with Crippen molar-refractivity contribution in [2.24, 2.45) is 4.99 Å². The fourth-order valence-corrected chi connectivity index (χ4v) is 1.20. The van der Waals surface area contributed by atoms with Crippen molar-refractivity contribution in [3.63, 3.8) is 0 Å². The molecule has 3 heteroatoms. The Labute approximate surface area is 77.7 Å². The van der Waals surface area contributed by atoms with Crippen molar-refractivity contribution in [3.8, 4) is 0 Å². The predicted molar refractivity (Wildman–Crippen MR) is 52.6 cm³/mol. The standard InChI is InChI=1S/C10H12N2O/c1-12(2)10-6-4-3-5-9(10)7-11-8-13/h3-6H,7H2,1-2H3. The molecule has 0 aromatic heterocycles. The highest BCUT2D eigenvalue weighted by atomic mass is 16.1. The zero-order valence-electron chi connectivity index (χ0n) is 7.82. The van der Waals surface area contributed by atoms with Crippen LogP contribution in [0.2, 0.25) is 0 Å². The predicted octanol–water partition coefficient (Wildman–Crippen LogP) is 1.59. The van der Waals surface area contributed by atoms with E-state index < -0.39 is 0 Å². The van der Waals surface area contributed by atoms with Crippen molar-refractivity contribution >= 4 is 11.8 Å². The maximum absolute atomic E-state index is 9.95. The van der Waals surface area contributed by atoms with E-state index in [2.05, 4.69) is 4.99 Å². The fraction of sp³-hybridized carbons (Fsp3) is 0.300. The van der Waals surface area contributed by atoms with Gasteiger partial charge in [0.25, 0.3) is 0 Å². The van der Waals surface area contributed by atoms with Crippen molar-refractivity contribution in [2.75, 3.05) is 19.0 Å². The molecule has 0 fully saturated rings. The van der Waals surface area contributed by atoms with Gasteiger partial charge >= 0.3 is 0 Å². The van der Waals surface area contributed by atoms with Gasteiger partial charge in [0.2, 0.25) is 6.08 Å². The Kier molecular flexibility index (Phi) is 3.23. The maximum atomic E-state index is 9.95. The van der Waals surface area contributed by atoms with Crippen LogP contribution in [0, 0.1) is 0 Å². The Morgan fingerprint density at radius 1 is 1.38 bits per heavy atom. The summed E-state index contributed by atoms with van der Waals surface area (Å²) < 4.78 is 0. The lowest BCUT2D eigenvalue weighted by molar-refractivity contribution is 0.563. The van der Waals surface area contributed by atoms with E-state index in [1.807, 2.05) is 43.3 Å². The topological polar surface area (TPSA) is 32.7 Å². The molecule has 0 aliphatic rings. The van der Waals surface area contributed by atoms with Crippen LogP contribution < -0.4 is 4.90 Å². The van der Waals surface area contributed by atoms with Crippen LogP contribution >= 0.6 is 0 Å². The lowest BCUT2D eigenvalue weighted by Crippen LogP contribution is -2.10. The van der Waals surface area contributed by atoms with Crippen molar-refractivity contribution < 1.29 is 4.79 Å². The van der Waals surface area contributed by atoms with E-state index in [-0.39, 0.29) is 0 Å². The number of carbonyl (C=O) groups excluding carboxylic acids is 1. The van der Waals surface area contributed by atoms with Crippen LogP contribution in [0.4, 0.5) is 5.69 Å². The van der Waals surface area contributed by atoms with Gasteiger partial charge in [0.05, 0.1) is 6.54 Å². The second kappa shape index (κ2) is 4.43. The number of para-hydroxylation sites is 1. The maximum Gasteiger partial charge on any atom is 0.235 e. The highest BCUT2D eigenvalue weighted by Gasteiger charge is 2.01. The minimum Gasteiger partial charge on any atom is -0.377 e. The molecule has 68 valence electrons. The molecule has 0 radical (unpaired) electrons. The minimum absolute atomic E-state index is 0.401. The third kappa shape index (κ3) is 2.42. The summed E-state index contributed by atoms with van der Waals surface area (Å²) in [5.74, 6) is 0. The average Bonchev–Trinajstić information content (AvgIpc) is 2.15. The first kappa shape index (κ1) is 9.49. The van der Waals surface area contributed by atoms with Crippen molar-refractivity contribution in [1.82, 2.24) is 0 Å². The highest BCUT2D eigenvalue weighted by Crippen LogP contribution is 2.18. The molecular weight excluding hydrogens is 164 g/mol. The average molecular weight is 176 g/mol. The molecule has 0 saturated heterocycles. The van der Waals surface area contributed by atoms with E-state index in [0.717, 1.165) is 11.3 Å². The van der Waals surface area contributed by atoms with E-state index in [1.165, 1.54) is 6.08 Å². The van der Waals surface area contributed by atoms with E-state index in [0.29, 0.717) is 6.54 Å². The number of hydrogen-bond acceptors (Lipinski definition) is 3. The molecule has 0 atom stereocenters. The van der Waals surface area contributed by atoms with Gasteiger partial charge in [-0.25, -0.2) is 9.79 Å². The van der Waals surface area contributed by atoms with E-state index >= 15 is 0 Å². The Bertz CT molecular complexity index is 327. The number of hydrogen-bond donors (Lipinski definition) is 0. The SMILES string of the molecule is CN(C)c1ccccc1CN=C=O. The zero-order chi connectivity index (χ0) is 9.68. The quantitative estimate of drug-likeness (QED) is 0.517. The first-order valence-corrected chi connectivity index (χ1v) is 4.04. The molecule has 0 aliphatic heterocycles. The van der Waals surface area contributed by atoms with Gasteiger partial charge in [-0.05, 0) is 11.6 Å². The molecule has 0 N–H and O–H groups in total. The summed E-state index contributed by atoms with van der Waals surface area (Å²) in [6, 6.07) is 7.85. The van der Waals surface area contributed by atoms with Gasteiger partial charge in [0, 0.05) is 19.8 Å². The molecule has 1 aromatic carbocycles. The van der Waals surface area contributed by atoms with Crippen LogP contribution in [0.1, 0.15) is 5.56 Å². The van der Waals surface area contributed by atoms with Crippen molar-refractivity contribution in [1.29, 1.82) is 0 Å². The number of benzene rings is 1. The minimum atomic E-state index is 0.401. The first-order valence-electron chi connectivity index (χ1n) is 4.04. The Balaban J connectivity index is 2.97. The molecular formula is C10H12N2O. The molecule has 13 heavy (non-hydrogen) atoms. The number of anilines is 1. The Morgan fingerprint density at radius 2 is 2.08 bits per heavy atom. The largest absolute Gasteiger partial charge is 0.377 e. The Morgan fingerprint density at radius 3 is 2.69 bits per heavy atom. The van der Waals surface area contributed by atoms with Gasteiger partial charge in [-0.3, -0.25) is 0 Å². The molecule has 3 nitrogen and oxygen atoms in total.